The van der Waals surface area contributed by atoms with Crippen molar-refractivity contribution in [2.24, 2.45) is 0 Å². The molecule has 32 heavy (non-hydrogen) atoms. The molecule has 6 rings (SSSR count). The normalized spacial score (nSPS) is 21.5. The summed E-state index contributed by atoms with van der Waals surface area (Å²) in [6.07, 6.45) is 4.36. The summed E-state index contributed by atoms with van der Waals surface area (Å²) in [6.45, 7) is 7.94. The second-order valence-corrected chi connectivity index (χ2v) is 9.41. The molecule has 160 valence electrons. The number of nitrogens with zero attached hydrogens (tertiary/aromatic N) is 2. The summed E-state index contributed by atoms with van der Waals surface area (Å²) in [6, 6.07) is 23.7. The Bertz CT molecular complexity index is 1430. The van der Waals surface area contributed by atoms with E-state index in [0.717, 1.165) is 17.8 Å². The molecule has 4 nitrogen and oxygen atoms in total. The Kier molecular flexibility index (Phi) is 3.89. The molecule has 1 unspecified atom stereocenters. The Morgan fingerprint density at radius 1 is 0.969 bits per heavy atom. The van der Waals surface area contributed by atoms with Crippen molar-refractivity contribution in [3.05, 3.63) is 83.9 Å². The van der Waals surface area contributed by atoms with Crippen LogP contribution in [0.5, 0.6) is 0 Å². The lowest BCUT2D eigenvalue weighted by molar-refractivity contribution is -0.118. The topological polar surface area (TPSA) is 37.3 Å². The number of carbonyl (C=O) groups excluding carboxylic acids is 1. The van der Waals surface area contributed by atoms with Crippen LogP contribution in [0, 0.1) is 0 Å². The SMILES string of the molecule is CCn1c2ccccc2c2ccc(C=CC34NC(=O)CN3c3ccccc3C4(C)C)cc21. The highest BCUT2D eigenvalue weighted by Crippen LogP contribution is 2.52. The van der Waals surface area contributed by atoms with E-state index < -0.39 is 5.66 Å². The van der Waals surface area contributed by atoms with Gasteiger partial charge in [-0.05, 0) is 42.3 Å². The van der Waals surface area contributed by atoms with Gasteiger partial charge >= 0.3 is 0 Å². The van der Waals surface area contributed by atoms with E-state index in [2.05, 4.69) is 114 Å². The van der Waals surface area contributed by atoms with E-state index in [1.54, 1.807) is 0 Å². The average molecular weight is 422 g/mol. The van der Waals surface area contributed by atoms with Gasteiger partial charge < -0.3 is 14.8 Å². The number of aryl methyl sites for hydroxylation is 1. The van der Waals surface area contributed by atoms with Gasteiger partial charge in [-0.3, -0.25) is 4.79 Å². The smallest absolute Gasteiger partial charge is 0.241 e. The molecule has 0 spiro atoms. The first kappa shape index (κ1) is 19.2. The maximum Gasteiger partial charge on any atom is 0.241 e. The fraction of sp³-hybridized carbons (Fsp3) is 0.250. The highest BCUT2D eigenvalue weighted by atomic mass is 16.2. The third-order valence-electron chi connectivity index (χ3n) is 7.51. The second-order valence-electron chi connectivity index (χ2n) is 9.41. The zero-order chi connectivity index (χ0) is 22.1. The minimum absolute atomic E-state index is 0.0683. The van der Waals surface area contributed by atoms with Crippen LogP contribution >= 0.6 is 0 Å². The summed E-state index contributed by atoms with van der Waals surface area (Å²) in [4.78, 5) is 14.8. The van der Waals surface area contributed by atoms with Crippen LogP contribution in [0.25, 0.3) is 27.9 Å². The minimum Gasteiger partial charge on any atom is -0.341 e. The first-order valence-electron chi connectivity index (χ1n) is 11.3. The number of anilines is 1. The van der Waals surface area contributed by atoms with Crippen molar-refractivity contribution in [1.82, 2.24) is 9.88 Å². The Hall–Kier alpha value is -3.53. The van der Waals surface area contributed by atoms with Crippen LogP contribution in [0.15, 0.2) is 72.8 Å². The van der Waals surface area contributed by atoms with Gasteiger partial charge in [0.25, 0.3) is 0 Å². The zero-order valence-electron chi connectivity index (χ0n) is 18.7. The maximum absolute atomic E-state index is 12.5. The predicted octanol–water partition coefficient (Wildman–Crippen LogP) is 5.45. The Morgan fingerprint density at radius 2 is 1.72 bits per heavy atom. The van der Waals surface area contributed by atoms with Gasteiger partial charge in [0, 0.05) is 39.5 Å². The predicted molar refractivity (Wildman–Crippen MR) is 132 cm³/mol. The van der Waals surface area contributed by atoms with Crippen LogP contribution in [0.1, 0.15) is 31.9 Å². The van der Waals surface area contributed by atoms with Gasteiger partial charge in [-0.25, -0.2) is 0 Å². The number of aromatic nitrogens is 1. The van der Waals surface area contributed by atoms with Gasteiger partial charge in [0.15, 0.2) is 0 Å². The molecule has 1 N–H and O–H groups in total. The first-order valence-corrected chi connectivity index (χ1v) is 11.3. The number of amides is 1. The fourth-order valence-corrected chi connectivity index (χ4v) is 5.87. The molecule has 3 aromatic carbocycles. The van der Waals surface area contributed by atoms with Crippen molar-refractivity contribution in [3.63, 3.8) is 0 Å². The van der Waals surface area contributed by atoms with E-state index in [1.807, 2.05) is 0 Å². The Labute approximate surface area is 188 Å². The van der Waals surface area contributed by atoms with Crippen LogP contribution in [-0.2, 0) is 16.8 Å². The van der Waals surface area contributed by atoms with Gasteiger partial charge in [-0.15, -0.1) is 0 Å². The molecule has 1 fully saturated rings. The molecule has 0 aliphatic carbocycles. The highest BCUT2D eigenvalue weighted by Gasteiger charge is 2.59. The summed E-state index contributed by atoms with van der Waals surface area (Å²) in [7, 11) is 0. The summed E-state index contributed by atoms with van der Waals surface area (Å²) in [5.74, 6) is 0.0683. The molecule has 3 heterocycles. The van der Waals surface area contributed by atoms with Gasteiger partial charge in [-0.2, -0.15) is 0 Å². The van der Waals surface area contributed by atoms with Crippen LogP contribution in [0.4, 0.5) is 5.69 Å². The largest absolute Gasteiger partial charge is 0.341 e. The highest BCUT2D eigenvalue weighted by molar-refractivity contribution is 6.08. The van der Waals surface area contributed by atoms with E-state index in [9.17, 15) is 4.79 Å². The summed E-state index contributed by atoms with van der Waals surface area (Å²) >= 11 is 0. The number of nitrogens with one attached hydrogen (secondary N) is 1. The molecule has 0 saturated carbocycles. The van der Waals surface area contributed by atoms with Crippen molar-refractivity contribution in [3.8, 4) is 0 Å². The molecule has 0 radical (unpaired) electrons. The van der Waals surface area contributed by atoms with Gasteiger partial charge in [0.05, 0.1) is 6.54 Å². The number of carbonyl (C=O) groups is 1. The minimum atomic E-state index is -0.569. The summed E-state index contributed by atoms with van der Waals surface area (Å²) < 4.78 is 2.37. The molecule has 1 atom stereocenters. The Morgan fingerprint density at radius 3 is 2.56 bits per heavy atom. The van der Waals surface area contributed by atoms with E-state index in [4.69, 9.17) is 0 Å². The third kappa shape index (κ3) is 2.35. The lowest BCUT2D eigenvalue weighted by Crippen LogP contribution is -2.58. The van der Waals surface area contributed by atoms with E-state index in [-0.39, 0.29) is 11.3 Å². The standard InChI is InChI=1S/C28H27N3O/c1-4-30-23-11-7-5-9-20(23)21-14-13-19(17-25(21)30)15-16-28-27(2,3)22-10-6-8-12-24(22)31(28)18-26(32)29-28/h5-17H,4,18H2,1-3H3,(H,29,32). The molecule has 1 aromatic heterocycles. The molecule has 2 aliphatic heterocycles. The van der Waals surface area contributed by atoms with E-state index in [1.165, 1.54) is 27.4 Å². The maximum atomic E-state index is 12.5. The number of fused-ring (bicyclic) bond motifs is 6. The van der Waals surface area contributed by atoms with Crippen molar-refractivity contribution in [1.29, 1.82) is 0 Å². The van der Waals surface area contributed by atoms with Crippen molar-refractivity contribution in [2.45, 2.75) is 38.4 Å². The lowest BCUT2D eigenvalue weighted by atomic mass is 9.75. The molecular weight excluding hydrogens is 394 g/mol. The number of hydrogen-bond donors (Lipinski definition) is 1. The molecule has 1 saturated heterocycles. The van der Waals surface area contributed by atoms with Crippen LogP contribution in [0.2, 0.25) is 0 Å². The summed E-state index contributed by atoms with van der Waals surface area (Å²) in [5.41, 5.74) is 5.24. The van der Waals surface area contributed by atoms with Crippen LogP contribution in [-0.4, -0.2) is 22.7 Å². The van der Waals surface area contributed by atoms with Crippen molar-refractivity contribution < 1.29 is 4.79 Å². The second kappa shape index (κ2) is 6.49. The first-order chi connectivity index (χ1) is 15.5. The fourth-order valence-electron chi connectivity index (χ4n) is 5.87. The number of hydrogen-bond acceptors (Lipinski definition) is 2. The molecule has 4 aromatic rings. The Balaban J connectivity index is 1.48. The average Bonchev–Trinajstić information content (AvgIpc) is 3.37. The van der Waals surface area contributed by atoms with E-state index in [0.29, 0.717) is 6.54 Å². The zero-order valence-corrected chi connectivity index (χ0v) is 18.7. The van der Waals surface area contributed by atoms with Crippen LogP contribution in [0.3, 0.4) is 0 Å². The molecule has 4 heteroatoms. The third-order valence-corrected chi connectivity index (χ3v) is 7.51. The molecule has 0 bridgehead atoms. The van der Waals surface area contributed by atoms with Crippen molar-refractivity contribution in [2.75, 3.05) is 11.4 Å². The molecule has 2 aliphatic rings. The number of rotatable bonds is 3. The lowest BCUT2D eigenvalue weighted by Gasteiger charge is -2.40. The number of benzene rings is 3. The number of para-hydroxylation sites is 2. The molecular formula is C28H27N3O. The quantitative estimate of drug-likeness (QED) is 0.477. The molecule has 1 amide bonds. The van der Waals surface area contributed by atoms with E-state index >= 15 is 0 Å². The van der Waals surface area contributed by atoms with Gasteiger partial charge in [0.1, 0.15) is 5.66 Å². The van der Waals surface area contributed by atoms with Crippen molar-refractivity contribution >= 4 is 39.5 Å². The van der Waals surface area contributed by atoms with Gasteiger partial charge in [-0.1, -0.05) is 68.5 Å². The summed E-state index contributed by atoms with van der Waals surface area (Å²) in [5, 5.41) is 5.88. The van der Waals surface area contributed by atoms with Crippen LogP contribution < -0.4 is 10.2 Å². The van der Waals surface area contributed by atoms with Gasteiger partial charge in [0.2, 0.25) is 5.91 Å². The monoisotopic (exact) mass is 421 g/mol.